The second-order valence-electron chi connectivity index (χ2n) is 4.52. The number of carbonyl (C=O) groups excluding carboxylic acids is 1. The Bertz CT molecular complexity index is 449. The lowest BCUT2D eigenvalue weighted by Gasteiger charge is -2.13. The van der Waals surface area contributed by atoms with Gasteiger partial charge < -0.3 is 15.8 Å². The number of hydrogen-bond acceptors (Lipinski definition) is 3. The molecule has 1 rings (SSSR count). The van der Waals surface area contributed by atoms with Crippen molar-refractivity contribution < 1.29 is 9.53 Å². The molecule has 0 aliphatic rings. The van der Waals surface area contributed by atoms with E-state index in [9.17, 15) is 4.79 Å². The minimum atomic E-state index is -0.0132. The van der Waals surface area contributed by atoms with E-state index in [-0.39, 0.29) is 17.5 Å². The molecule has 104 valence electrons. The highest BCUT2D eigenvalue weighted by Gasteiger charge is 2.10. The summed E-state index contributed by atoms with van der Waals surface area (Å²) < 4.78 is 5.45. The Balaban J connectivity index is 2.66. The standard InChI is InChI=1S/C14H20N2O2S/c1-3-10(2)8-14(17)16-11-6-4-5-7-12(11)18-9-13(15)19/h4-7,10H,3,8-9H2,1-2H3,(H2,15,19)(H,16,17). The Morgan fingerprint density at radius 2 is 2.16 bits per heavy atom. The largest absolute Gasteiger partial charge is 0.484 e. The summed E-state index contributed by atoms with van der Waals surface area (Å²) in [4.78, 5) is 12.1. The molecule has 0 aliphatic heterocycles. The Morgan fingerprint density at radius 3 is 2.79 bits per heavy atom. The zero-order chi connectivity index (χ0) is 14.3. The first kappa shape index (κ1) is 15.4. The first-order chi connectivity index (χ1) is 9.02. The zero-order valence-corrected chi connectivity index (χ0v) is 12.1. The van der Waals surface area contributed by atoms with Crippen LogP contribution in [0.4, 0.5) is 5.69 Å². The summed E-state index contributed by atoms with van der Waals surface area (Å²) in [5.74, 6) is 0.929. The fourth-order valence-corrected chi connectivity index (χ4v) is 1.57. The van der Waals surface area contributed by atoms with Gasteiger partial charge in [0.05, 0.1) is 5.69 Å². The number of nitrogens with one attached hydrogen (secondary N) is 1. The van der Waals surface area contributed by atoms with Crippen LogP contribution in [0.5, 0.6) is 5.75 Å². The van der Waals surface area contributed by atoms with Crippen molar-refractivity contribution in [2.24, 2.45) is 11.7 Å². The quantitative estimate of drug-likeness (QED) is 0.754. The molecule has 5 heteroatoms. The summed E-state index contributed by atoms with van der Waals surface area (Å²) in [6.07, 6.45) is 1.48. The van der Waals surface area contributed by atoms with E-state index in [0.717, 1.165) is 6.42 Å². The number of nitrogens with two attached hydrogens (primary N) is 1. The van der Waals surface area contributed by atoms with Gasteiger partial charge in [0.25, 0.3) is 0 Å². The molecule has 0 aromatic heterocycles. The van der Waals surface area contributed by atoms with Gasteiger partial charge in [-0.25, -0.2) is 0 Å². The molecule has 19 heavy (non-hydrogen) atoms. The molecule has 1 atom stereocenters. The average Bonchev–Trinajstić information content (AvgIpc) is 2.37. The van der Waals surface area contributed by atoms with E-state index in [1.165, 1.54) is 0 Å². The van der Waals surface area contributed by atoms with Gasteiger partial charge in [0, 0.05) is 6.42 Å². The van der Waals surface area contributed by atoms with E-state index >= 15 is 0 Å². The number of hydrogen-bond donors (Lipinski definition) is 2. The molecule has 0 saturated carbocycles. The van der Waals surface area contributed by atoms with E-state index in [1.54, 1.807) is 12.1 Å². The minimum absolute atomic E-state index is 0.0132. The van der Waals surface area contributed by atoms with Crippen molar-refractivity contribution in [3.63, 3.8) is 0 Å². The summed E-state index contributed by atoms with van der Waals surface area (Å²) >= 11 is 4.76. The molecule has 4 nitrogen and oxygen atoms in total. The van der Waals surface area contributed by atoms with Gasteiger partial charge in [-0.05, 0) is 18.1 Å². The van der Waals surface area contributed by atoms with Gasteiger partial charge in [0.15, 0.2) is 0 Å². The van der Waals surface area contributed by atoms with Gasteiger partial charge in [-0.1, -0.05) is 44.6 Å². The van der Waals surface area contributed by atoms with Crippen LogP contribution < -0.4 is 15.8 Å². The number of para-hydroxylation sites is 2. The molecule has 1 aromatic carbocycles. The smallest absolute Gasteiger partial charge is 0.224 e. The predicted octanol–water partition coefficient (Wildman–Crippen LogP) is 2.73. The van der Waals surface area contributed by atoms with Crippen molar-refractivity contribution in [3.8, 4) is 5.75 Å². The first-order valence-electron chi connectivity index (χ1n) is 6.33. The number of thiocarbonyl (C=S) groups is 1. The molecule has 0 aliphatic carbocycles. The van der Waals surface area contributed by atoms with Crippen molar-refractivity contribution in [2.45, 2.75) is 26.7 Å². The van der Waals surface area contributed by atoms with Crippen molar-refractivity contribution in [1.29, 1.82) is 0 Å². The Morgan fingerprint density at radius 1 is 1.47 bits per heavy atom. The molecule has 0 spiro atoms. The van der Waals surface area contributed by atoms with Crippen molar-refractivity contribution in [3.05, 3.63) is 24.3 Å². The normalized spacial score (nSPS) is 11.7. The molecule has 1 amide bonds. The van der Waals surface area contributed by atoms with Crippen LogP contribution in [0.25, 0.3) is 0 Å². The third-order valence-corrected chi connectivity index (χ3v) is 2.88. The third kappa shape index (κ3) is 5.70. The lowest BCUT2D eigenvalue weighted by Crippen LogP contribution is -2.19. The highest BCUT2D eigenvalue weighted by atomic mass is 32.1. The topological polar surface area (TPSA) is 64.3 Å². The van der Waals surface area contributed by atoms with Gasteiger partial charge in [0.2, 0.25) is 5.91 Å². The summed E-state index contributed by atoms with van der Waals surface area (Å²) in [7, 11) is 0. The number of benzene rings is 1. The van der Waals surface area contributed by atoms with Crippen LogP contribution >= 0.6 is 12.2 Å². The molecule has 0 heterocycles. The average molecular weight is 280 g/mol. The number of amides is 1. The molecule has 0 fully saturated rings. The molecule has 1 unspecified atom stereocenters. The monoisotopic (exact) mass is 280 g/mol. The van der Waals surface area contributed by atoms with Crippen molar-refractivity contribution in [2.75, 3.05) is 11.9 Å². The summed E-state index contributed by atoms with van der Waals surface area (Å²) in [5.41, 5.74) is 6.04. The zero-order valence-electron chi connectivity index (χ0n) is 11.3. The fourth-order valence-electron chi connectivity index (χ4n) is 1.51. The maximum absolute atomic E-state index is 11.9. The highest BCUT2D eigenvalue weighted by molar-refractivity contribution is 7.80. The highest BCUT2D eigenvalue weighted by Crippen LogP contribution is 2.24. The van der Waals surface area contributed by atoms with E-state index in [0.29, 0.717) is 23.8 Å². The van der Waals surface area contributed by atoms with Gasteiger partial charge in [0.1, 0.15) is 17.3 Å². The molecule has 1 aromatic rings. The summed E-state index contributed by atoms with van der Waals surface area (Å²) in [6, 6.07) is 7.24. The Labute approximate surface area is 119 Å². The predicted molar refractivity (Wildman–Crippen MR) is 81.4 cm³/mol. The van der Waals surface area contributed by atoms with E-state index < -0.39 is 0 Å². The molecule has 3 N–H and O–H groups in total. The van der Waals surface area contributed by atoms with Crippen LogP contribution in [0.3, 0.4) is 0 Å². The molecule has 0 saturated heterocycles. The van der Waals surface area contributed by atoms with E-state index in [2.05, 4.69) is 19.2 Å². The van der Waals surface area contributed by atoms with Crippen molar-refractivity contribution >= 4 is 28.8 Å². The van der Waals surface area contributed by atoms with Gasteiger partial charge in [-0.3, -0.25) is 4.79 Å². The lowest BCUT2D eigenvalue weighted by molar-refractivity contribution is -0.117. The summed E-state index contributed by atoms with van der Waals surface area (Å²) in [6.45, 7) is 4.28. The minimum Gasteiger partial charge on any atom is -0.484 e. The summed E-state index contributed by atoms with van der Waals surface area (Å²) in [5, 5.41) is 2.85. The van der Waals surface area contributed by atoms with Gasteiger partial charge >= 0.3 is 0 Å². The second-order valence-corrected chi connectivity index (χ2v) is 5.04. The number of carbonyl (C=O) groups is 1. The van der Waals surface area contributed by atoms with Crippen LogP contribution in [0.15, 0.2) is 24.3 Å². The van der Waals surface area contributed by atoms with Crippen LogP contribution in [0.1, 0.15) is 26.7 Å². The first-order valence-corrected chi connectivity index (χ1v) is 6.73. The van der Waals surface area contributed by atoms with Crippen LogP contribution in [0, 0.1) is 5.92 Å². The number of rotatable bonds is 7. The molecule has 0 radical (unpaired) electrons. The number of anilines is 1. The second kappa shape index (κ2) is 7.74. The molecular weight excluding hydrogens is 260 g/mol. The molecule has 0 bridgehead atoms. The molecular formula is C14H20N2O2S. The van der Waals surface area contributed by atoms with E-state index in [4.69, 9.17) is 22.7 Å². The lowest BCUT2D eigenvalue weighted by atomic mass is 10.1. The van der Waals surface area contributed by atoms with Crippen LogP contribution in [-0.4, -0.2) is 17.5 Å². The van der Waals surface area contributed by atoms with E-state index in [1.807, 2.05) is 12.1 Å². The third-order valence-electron chi connectivity index (χ3n) is 2.76. The Kier molecular flexibility index (Phi) is 6.29. The van der Waals surface area contributed by atoms with Crippen molar-refractivity contribution in [1.82, 2.24) is 0 Å². The number of ether oxygens (including phenoxy) is 1. The Hall–Kier alpha value is -1.62. The SMILES string of the molecule is CCC(C)CC(=O)Nc1ccccc1OCC(N)=S. The van der Waals surface area contributed by atoms with Gasteiger partial charge in [-0.15, -0.1) is 0 Å². The maximum atomic E-state index is 11.9. The fraction of sp³-hybridized carbons (Fsp3) is 0.429. The maximum Gasteiger partial charge on any atom is 0.224 e. The van der Waals surface area contributed by atoms with Crippen LogP contribution in [-0.2, 0) is 4.79 Å². The van der Waals surface area contributed by atoms with Crippen LogP contribution in [0.2, 0.25) is 0 Å². The van der Waals surface area contributed by atoms with Gasteiger partial charge in [-0.2, -0.15) is 0 Å².